The lowest BCUT2D eigenvalue weighted by atomic mass is 9.65. The number of ether oxygens (including phenoxy) is 2. The second-order valence-electron chi connectivity index (χ2n) is 12.6. The summed E-state index contributed by atoms with van der Waals surface area (Å²) in [6.45, 7) is 19.7. The number of unbranched alkanes of at least 4 members (excludes halogenated alkanes) is 2. The predicted octanol–water partition coefficient (Wildman–Crippen LogP) is 4.26. The molecule has 8 nitrogen and oxygen atoms in total. The standard InChI is InChI=1S/C31H50N2O6/c1-9-13-14-15-19-38-28(37)24-23-26(35)33(22(20-34)21(5)11-3)25(27(36)32(18-10-2)29(6,7)8)31(23)17-16-30(24,12-4)39-31/h9-10,21-25,34H,1-2,11-20H2,3-8H3/t21-,22-,23-,24-,25?,30+,31?/m0/s1. The highest BCUT2D eigenvalue weighted by molar-refractivity contribution is 5.99. The van der Waals surface area contributed by atoms with Crippen molar-refractivity contribution in [2.24, 2.45) is 17.8 Å². The quantitative estimate of drug-likeness (QED) is 0.199. The highest BCUT2D eigenvalue weighted by atomic mass is 16.6. The van der Waals surface area contributed by atoms with E-state index in [4.69, 9.17) is 9.47 Å². The summed E-state index contributed by atoms with van der Waals surface area (Å²) in [5, 5.41) is 10.5. The van der Waals surface area contributed by atoms with Crippen LogP contribution in [0, 0.1) is 17.8 Å². The van der Waals surface area contributed by atoms with Gasteiger partial charge in [-0.2, -0.15) is 0 Å². The van der Waals surface area contributed by atoms with Crippen LogP contribution in [-0.2, 0) is 23.9 Å². The van der Waals surface area contributed by atoms with Gasteiger partial charge in [-0.05, 0) is 65.2 Å². The Balaban J connectivity index is 2.10. The highest BCUT2D eigenvalue weighted by Crippen LogP contribution is 2.65. The van der Waals surface area contributed by atoms with Gasteiger partial charge in [-0.25, -0.2) is 0 Å². The van der Waals surface area contributed by atoms with Gasteiger partial charge >= 0.3 is 5.97 Å². The molecule has 39 heavy (non-hydrogen) atoms. The first-order chi connectivity index (χ1) is 18.4. The van der Waals surface area contributed by atoms with Crippen molar-refractivity contribution in [1.82, 2.24) is 9.80 Å². The Morgan fingerprint density at radius 1 is 1.23 bits per heavy atom. The van der Waals surface area contributed by atoms with Crippen molar-refractivity contribution in [2.75, 3.05) is 19.8 Å². The zero-order valence-electron chi connectivity index (χ0n) is 24.9. The molecule has 1 spiro atoms. The van der Waals surface area contributed by atoms with Crippen LogP contribution < -0.4 is 0 Å². The number of aliphatic hydroxyl groups is 1. The maximum absolute atomic E-state index is 14.5. The summed E-state index contributed by atoms with van der Waals surface area (Å²) >= 11 is 0. The Labute approximate surface area is 234 Å². The van der Waals surface area contributed by atoms with Crippen LogP contribution in [0.5, 0.6) is 0 Å². The maximum atomic E-state index is 14.5. The third-order valence-electron chi connectivity index (χ3n) is 9.39. The van der Waals surface area contributed by atoms with Crippen LogP contribution in [0.3, 0.4) is 0 Å². The minimum Gasteiger partial charge on any atom is -0.465 e. The summed E-state index contributed by atoms with van der Waals surface area (Å²) in [7, 11) is 0. The molecule has 2 amide bonds. The molecule has 8 heteroatoms. The van der Waals surface area contributed by atoms with Crippen LogP contribution in [0.25, 0.3) is 0 Å². The first kappa shape index (κ1) is 31.3. The molecule has 0 aliphatic carbocycles. The predicted molar refractivity (Wildman–Crippen MR) is 151 cm³/mol. The number of carbonyl (C=O) groups excluding carboxylic acids is 3. The fourth-order valence-electron chi connectivity index (χ4n) is 7.09. The minimum atomic E-state index is -1.15. The van der Waals surface area contributed by atoms with Crippen LogP contribution in [-0.4, -0.2) is 81.3 Å². The molecule has 220 valence electrons. The molecule has 0 aromatic carbocycles. The van der Waals surface area contributed by atoms with E-state index in [1.165, 1.54) is 0 Å². The van der Waals surface area contributed by atoms with E-state index in [0.717, 1.165) is 19.3 Å². The van der Waals surface area contributed by atoms with E-state index < -0.39 is 46.6 Å². The highest BCUT2D eigenvalue weighted by Gasteiger charge is 2.79. The Kier molecular flexibility index (Phi) is 9.75. The van der Waals surface area contributed by atoms with E-state index in [1.54, 1.807) is 15.9 Å². The molecular weight excluding hydrogens is 496 g/mol. The lowest BCUT2D eigenvalue weighted by Crippen LogP contribution is -2.62. The van der Waals surface area contributed by atoms with Crippen LogP contribution in [0.1, 0.15) is 86.5 Å². The van der Waals surface area contributed by atoms with E-state index in [2.05, 4.69) is 13.2 Å². The van der Waals surface area contributed by atoms with Crippen LogP contribution in [0.2, 0.25) is 0 Å². The van der Waals surface area contributed by atoms with Crippen LogP contribution in [0.15, 0.2) is 25.3 Å². The number of likely N-dealkylation sites (tertiary alicyclic amines) is 1. The Hall–Kier alpha value is -2.19. The van der Waals surface area contributed by atoms with E-state index in [-0.39, 0.29) is 30.9 Å². The Morgan fingerprint density at radius 2 is 1.92 bits per heavy atom. The molecule has 3 aliphatic rings. The van der Waals surface area contributed by atoms with Gasteiger partial charge in [0.1, 0.15) is 17.6 Å². The zero-order valence-corrected chi connectivity index (χ0v) is 24.9. The van der Waals surface area contributed by atoms with Crippen LogP contribution in [0.4, 0.5) is 0 Å². The number of aliphatic hydroxyl groups excluding tert-OH is 1. The van der Waals surface area contributed by atoms with E-state index in [9.17, 15) is 19.5 Å². The van der Waals surface area contributed by atoms with Gasteiger partial charge in [0.05, 0.1) is 30.8 Å². The largest absolute Gasteiger partial charge is 0.465 e. The SMILES string of the molecule is C=CCCCCOC(=O)[C@@H]1[C@H]2C(=O)N([C@@H](CO)[C@@H](C)CC)C(C(=O)N(CC=C)C(C)(C)C)C23CC[C@@]1(CC)O3. The molecule has 0 saturated carbocycles. The number of carbonyl (C=O) groups is 3. The van der Waals surface area contributed by atoms with Gasteiger partial charge in [-0.3, -0.25) is 14.4 Å². The molecule has 3 heterocycles. The molecule has 2 bridgehead atoms. The number of allylic oxidation sites excluding steroid dienone is 1. The van der Waals surface area contributed by atoms with Crippen molar-refractivity contribution in [3.8, 4) is 0 Å². The van der Waals surface area contributed by atoms with Gasteiger partial charge in [0.2, 0.25) is 11.8 Å². The molecule has 3 saturated heterocycles. The molecular formula is C31H50N2O6. The first-order valence-corrected chi connectivity index (χ1v) is 14.7. The van der Waals surface area contributed by atoms with Gasteiger partial charge in [0, 0.05) is 12.1 Å². The number of fused-ring (bicyclic) bond motifs is 1. The number of rotatable bonds is 14. The van der Waals surface area contributed by atoms with Crippen molar-refractivity contribution < 1.29 is 29.0 Å². The first-order valence-electron chi connectivity index (χ1n) is 14.7. The second kappa shape index (κ2) is 12.1. The van der Waals surface area contributed by atoms with Crippen molar-refractivity contribution >= 4 is 17.8 Å². The van der Waals surface area contributed by atoms with Gasteiger partial charge < -0.3 is 24.4 Å². The number of nitrogens with zero attached hydrogens (tertiary/aromatic N) is 2. The molecule has 0 aromatic heterocycles. The fraction of sp³-hybridized carbons (Fsp3) is 0.774. The van der Waals surface area contributed by atoms with E-state index in [0.29, 0.717) is 32.2 Å². The van der Waals surface area contributed by atoms with Crippen molar-refractivity contribution in [3.05, 3.63) is 25.3 Å². The summed E-state index contributed by atoms with van der Waals surface area (Å²) in [5.74, 6) is -2.62. The molecule has 7 atom stereocenters. The third-order valence-corrected chi connectivity index (χ3v) is 9.39. The van der Waals surface area contributed by atoms with Gasteiger partial charge in [0.25, 0.3) is 0 Å². The maximum Gasteiger partial charge on any atom is 0.312 e. The van der Waals surface area contributed by atoms with Gasteiger partial charge in [-0.15, -0.1) is 13.2 Å². The van der Waals surface area contributed by atoms with E-state index in [1.807, 2.05) is 47.6 Å². The molecule has 0 aromatic rings. The van der Waals surface area contributed by atoms with Crippen molar-refractivity contribution in [1.29, 1.82) is 0 Å². The average Bonchev–Trinajstić information content (AvgIpc) is 3.50. The van der Waals surface area contributed by atoms with Gasteiger partial charge in [0.15, 0.2) is 0 Å². The van der Waals surface area contributed by atoms with Gasteiger partial charge in [-0.1, -0.05) is 39.3 Å². The summed E-state index contributed by atoms with van der Waals surface area (Å²) < 4.78 is 12.6. The summed E-state index contributed by atoms with van der Waals surface area (Å²) in [4.78, 5) is 46.0. The Morgan fingerprint density at radius 3 is 2.46 bits per heavy atom. The molecule has 1 N–H and O–H groups in total. The van der Waals surface area contributed by atoms with E-state index >= 15 is 0 Å². The number of hydrogen-bond donors (Lipinski definition) is 1. The Bertz CT molecular complexity index is 944. The third kappa shape index (κ3) is 5.31. The lowest BCUT2D eigenvalue weighted by molar-refractivity contribution is -0.165. The summed E-state index contributed by atoms with van der Waals surface area (Å²) in [6.07, 6.45) is 8.29. The molecule has 3 rings (SSSR count). The number of hydrogen-bond acceptors (Lipinski definition) is 6. The smallest absolute Gasteiger partial charge is 0.312 e. The molecule has 0 radical (unpaired) electrons. The van der Waals surface area contributed by atoms with Crippen LogP contribution >= 0.6 is 0 Å². The molecule has 2 unspecified atom stereocenters. The molecule has 3 fully saturated rings. The number of amides is 2. The van der Waals surface area contributed by atoms with Crippen molar-refractivity contribution in [2.45, 2.75) is 115 Å². The fourth-order valence-corrected chi connectivity index (χ4v) is 7.09. The van der Waals surface area contributed by atoms with Crippen molar-refractivity contribution in [3.63, 3.8) is 0 Å². The summed E-state index contributed by atoms with van der Waals surface area (Å²) in [6, 6.07) is -1.52. The topological polar surface area (TPSA) is 96.4 Å². The monoisotopic (exact) mass is 546 g/mol. The lowest BCUT2D eigenvalue weighted by Gasteiger charge is -2.44. The summed E-state index contributed by atoms with van der Waals surface area (Å²) in [5.41, 5.74) is -2.54. The zero-order chi connectivity index (χ0) is 29.2. The average molecular weight is 547 g/mol. The number of esters is 1. The minimum absolute atomic E-state index is 0.0560. The molecule has 3 aliphatic heterocycles. The normalized spacial score (nSPS) is 31.1. The second-order valence-corrected chi connectivity index (χ2v) is 12.6.